The summed E-state index contributed by atoms with van der Waals surface area (Å²) >= 11 is 0. The average molecular weight is 218 g/mol. The monoisotopic (exact) mass is 218 g/mol. The Morgan fingerprint density at radius 3 is 2.64 bits per heavy atom. The Morgan fingerprint density at radius 1 is 1.50 bits per heavy atom. The van der Waals surface area contributed by atoms with Crippen molar-refractivity contribution in [3.05, 3.63) is 12.2 Å². The molecule has 0 aliphatic carbocycles. The Balaban J connectivity index is 3.39. The van der Waals surface area contributed by atoms with Gasteiger partial charge in [-0.25, -0.2) is 0 Å². The zero-order chi connectivity index (χ0) is 11.0. The van der Waals surface area contributed by atoms with E-state index >= 15 is 0 Å². The van der Waals surface area contributed by atoms with E-state index in [1.165, 1.54) is 0 Å². The molecule has 4 heteroatoms. The van der Waals surface area contributed by atoms with Gasteiger partial charge in [-0.3, -0.25) is 0 Å². The molecule has 0 aliphatic rings. The Bertz CT molecular complexity index is 169. The average Bonchev–Trinajstić information content (AvgIpc) is 2.02. The van der Waals surface area contributed by atoms with Crippen molar-refractivity contribution in [3.8, 4) is 0 Å². The van der Waals surface area contributed by atoms with Crippen molar-refractivity contribution >= 4 is 8.56 Å². The predicted molar refractivity (Wildman–Crippen MR) is 60.5 cm³/mol. The molecule has 0 fully saturated rings. The van der Waals surface area contributed by atoms with Crippen LogP contribution < -0.4 is 0 Å². The van der Waals surface area contributed by atoms with E-state index < -0.39 is 8.56 Å². The Hall–Kier alpha value is -0.163. The maximum atomic E-state index is 9.77. The van der Waals surface area contributed by atoms with E-state index in [2.05, 4.69) is 6.58 Å². The van der Waals surface area contributed by atoms with Crippen LogP contribution in [-0.4, -0.2) is 33.2 Å². The minimum atomic E-state index is -2.38. The van der Waals surface area contributed by atoms with E-state index in [0.717, 1.165) is 18.0 Å². The highest BCUT2D eigenvalue weighted by Crippen LogP contribution is 2.10. The maximum absolute atomic E-state index is 9.77. The van der Waals surface area contributed by atoms with Crippen molar-refractivity contribution in [1.82, 2.24) is 0 Å². The largest absolute Gasteiger partial charge is 0.411 e. The van der Waals surface area contributed by atoms with Gasteiger partial charge < -0.3 is 14.0 Å². The van der Waals surface area contributed by atoms with Crippen molar-refractivity contribution in [1.29, 1.82) is 0 Å². The van der Waals surface area contributed by atoms with E-state index in [1.54, 1.807) is 0 Å². The summed E-state index contributed by atoms with van der Waals surface area (Å²) in [6.45, 7) is 11.3. The first kappa shape index (κ1) is 13.8. The first-order chi connectivity index (χ1) is 6.48. The van der Waals surface area contributed by atoms with Gasteiger partial charge in [0.2, 0.25) is 0 Å². The fourth-order valence-electron chi connectivity index (χ4n) is 1.13. The van der Waals surface area contributed by atoms with Gasteiger partial charge >= 0.3 is 8.56 Å². The van der Waals surface area contributed by atoms with Gasteiger partial charge in [-0.15, -0.1) is 0 Å². The fourth-order valence-corrected chi connectivity index (χ4v) is 2.70. The van der Waals surface area contributed by atoms with Gasteiger partial charge in [0.1, 0.15) is 0 Å². The van der Waals surface area contributed by atoms with Crippen LogP contribution in [0.25, 0.3) is 0 Å². The Labute approximate surface area is 88.0 Å². The van der Waals surface area contributed by atoms with Gasteiger partial charge in [-0.1, -0.05) is 12.2 Å². The molecule has 14 heavy (non-hydrogen) atoms. The van der Waals surface area contributed by atoms with Crippen LogP contribution in [0.5, 0.6) is 0 Å². The molecule has 84 valence electrons. The second kappa shape index (κ2) is 7.17. The summed E-state index contributed by atoms with van der Waals surface area (Å²) in [7, 11) is -2.38. The number of hydrogen-bond donors (Lipinski definition) is 1. The predicted octanol–water partition coefficient (Wildman–Crippen LogP) is 2.07. The molecule has 0 aliphatic heterocycles. The minimum Gasteiger partial charge on any atom is -0.411 e. The molecule has 0 amide bonds. The summed E-state index contributed by atoms with van der Waals surface area (Å²) in [6.07, 6.45) is 0.854. The summed E-state index contributed by atoms with van der Waals surface area (Å²) in [5.74, 6) is 0. The maximum Gasteiger partial charge on any atom is 0.332 e. The molecule has 0 bridgehead atoms. The van der Waals surface area contributed by atoms with Crippen molar-refractivity contribution < 1.29 is 14.0 Å². The van der Waals surface area contributed by atoms with Crippen molar-refractivity contribution in [2.75, 3.05) is 19.8 Å². The summed E-state index contributed by atoms with van der Waals surface area (Å²) in [6, 6.07) is 0.733. The third-order valence-electron chi connectivity index (χ3n) is 1.73. The standard InChI is InChI=1S/C10H22O3Si/c1-5-13-14(4,11)8-6-7-12-9-10(2)3/h11H,2,5-9H2,1,3-4H3. The SMILES string of the molecule is C=C(C)COCCC[Si](C)(O)OCC. The lowest BCUT2D eigenvalue weighted by Gasteiger charge is -2.19. The topological polar surface area (TPSA) is 38.7 Å². The molecule has 3 nitrogen and oxygen atoms in total. The lowest BCUT2D eigenvalue weighted by atomic mass is 10.4. The van der Waals surface area contributed by atoms with Crippen LogP contribution in [0, 0.1) is 0 Å². The van der Waals surface area contributed by atoms with Crippen LogP contribution in [0.15, 0.2) is 12.2 Å². The normalized spacial score (nSPS) is 15.1. The molecule has 0 rings (SSSR count). The van der Waals surface area contributed by atoms with Gasteiger partial charge in [-0.2, -0.15) is 0 Å². The molecule has 1 atom stereocenters. The van der Waals surface area contributed by atoms with E-state index in [4.69, 9.17) is 9.16 Å². The zero-order valence-corrected chi connectivity index (χ0v) is 10.5. The number of rotatable bonds is 8. The molecule has 1 unspecified atom stereocenters. The highest BCUT2D eigenvalue weighted by Gasteiger charge is 2.24. The zero-order valence-electron chi connectivity index (χ0n) is 9.51. The summed E-state index contributed by atoms with van der Waals surface area (Å²) in [5, 5.41) is 0. The molecule has 0 aromatic rings. The molecular formula is C10H22O3Si. The molecular weight excluding hydrogens is 196 g/mol. The van der Waals surface area contributed by atoms with Gasteiger partial charge in [0.15, 0.2) is 0 Å². The van der Waals surface area contributed by atoms with Gasteiger partial charge in [-0.05, 0) is 32.9 Å². The highest BCUT2D eigenvalue weighted by atomic mass is 28.4. The molecule has 0 heterocycles. The fraction of sp³-hybridized carbons (Fsp3) is 0.800. The molecule has 0 aromatic carbocycles. The lowest BCUT2D eigenvalue weighted by molar-refractivity contribution is 0.153. The van der Waals surface area contributed by atoms with Crippen LogP contribution in [0.4, 0.5) is 0 Å². The first-order valence-electron chi connectivity index (χ1n) is 5.06. The highest BCUT2D eigenvalue weighted by molar-refractivity contribution is 6.64. The third-order valence-corrected chi connectivity index (χ3v) is 3.92. The van der Waals surface area contributed by atoms with Gasteiger partial charge in [0, 0.05) is 13.2 Å². The molecule has 0 saturated carbocycles. The second-order valence-electron chi connectivity index (χ2n) is 3.72. The van der Waals surface area contributed by atoms with Crippen LogP contribution in [0.2, 0.25) is 12.6 Å². The number of ether oxygens (including phenoxy) is 1. The molecule has 1 N–H and O–H groups in total. The Kier molecular flexibility index (Phi) is 7.09. The second-order valence-corrected chi connectivity index (χ2v) is 6.86. The first-order valence-corrected chi connectivity index (χ1v) is 7.62. The van der Waals surface area contributed by atoms with Crippen molar-refractivity contribution in [2.45, 2.75) is 32.9 Å². The summed E-state index contributed by atoms with van der Waals surface area (Å²) < 4.78 is 10.6. The van der Waals surface area contributed by atoms with Gasteiger partial charge in [0.05, 0.1) is 6.61 Å². The van der Waals surface area contributed by atoms with E-state index in [0.29, 0.717) is 19.8 Å². The van der Waals surface area contributed by atoms with Gasteiger partial charge in [0.25, 0.3) is 0 Å². The van der Waals surface area contributed by atoms with Crippen LogP contribution in [0.1, 0.15) is 20.3 Å². The molecule has 0 radical (unpaired) electrons. The van der Waals surface area contributed by atoms with Crippen molar-refractivity contribution in [3.63, 3.8) is 0 Å². The lowest BCUT2D eigenvalue weighted by Crippen LogP contribution is -2.34. The van der Waals surface area contributed by atoms with Crippen LogP contribution in [-0.2, 0) is 9.16 Å². The van der Waals surface area contributed by atoms with E-state index in [9.17, 15) is 4.80 Å². The molecule has 0 aromatic heterocycles. The van der Waals surface area contributed by atoms with E-state index in [-0.39, 0.29) is 0 Å². The quantitative estimate of drug-likeness (QED) is 0.385. The van der Waals surface area contributed by atoms with Crippen LogP contribution in [0.3, 0.4) is 0 Å². The molecule has 0 spiro atoms. The minimum absolute atomic E-state index is 0.589. The molecule has 0 saturated heterocycles. The van der Waals surface area contributed by atoms with E-state index in [1.807, 2.05) is 20.4 Å². The third kappa shape index (κ3) is 8.44. The number of hydrogen-bond acceptors (Lipinski definition) is 3. The summed E-state index contributed by atoms with van der Waals surface area (Å²) in [4.78, 5) is 9.77. The Morgan fingerprint density at radius 2 is 2.14 bits per heavy atom. The van der Waals surface area contributed by atoms with Crippen molar-refractivity contribution in [2.24, 2.45) is 0 Å². The smallest absolute Gasteiger partial charge is 0.332 e. The summed E-state index contributed by atoms with van der Waals surface area (Å²) in [5.41, 5.74) is 1.03. The van der Waals surface area contributed by atoms with Crippen LogP contribution >= 0.6 is 0 Å².